The van der Waals surface area contributed by atoms with Crippen LogP contribution in [0.5, 0.6) is 0 Å². The summed E-state index contributed by atoms with van der Waals surface area (Å²) in [7, 11) is 0. The van der Waals surface area contributed by atoms with Crippen molar-refractivity contribution < 1.29 is 10.0 Å². The lowest BCUT2D eigenvalue weighted by Gasteiger charge is -2.44. The average molecular weight is 255 g/mol. The molecule has 2 unspecified atom stereocenters. The van der Waals surface area contributed by atoms with Gasteiger partial charge >= 0.3 is 0 Å². The predicted molar refractivity (Wildman–Crippen MR) is 71.3 cm³/mol. The number of oxime groups is 1. The van der Waals surface area contributed by atoms with Crippen molar-refractivity contribution >= 4 is 11.7 Å². The molecule has 4 N–H and O–H groups in total. The van der Waals surface area contributed by atoms with Gasteiger partial charge in [0.1, 0.15) is 5.41 Å². The molecule has 0 radical (unpaired) electrons. The van der Waals surface area contributed by atoms with Crippen LogP contribution in [0.3, 0.4) is 0 Å². The fraction of sp³-hybridized carbons (Fsp3) is 0.846. The highest BCUT2D eigenvalue weighted by atomic mass is 16.4. The van der Waals surface area contributed by atoms with Crippen LogP contribution in [0.4, 0.5) is 0 Å². The van der Waals surface area contributed by atoms with E-state index in [4.69, 9.17) is 10.9 Å². The van der Waals surface area contributed by atoms with Gasteiger partial charge in [-0.2, -0.15) is 0 Å². The summed E-state index contributed by atoms with van der Waals surface area (Å²) in [6.45, 7) is 8.25. The van der Waals surface area contributed by atoms with Crippen molar-refractivity contribution in [3.8, 4) is 0 Å². The van der Waals surface area contributed by atoms with E-state index in [2.05, 4.69) is 31.2 Å². The van der Waals surface area contributed by atoms with Gasteiger partial charge in [0, 0.05) is 6.04 Å². The number of amides is 1. The van der Waals surface area contributed by atoms with E-state index in [1.807, 2.05) is 6.92 Å². The number of carbonyl (C=O) groups excluding carboxylic acids is 1. The molecular formula is C13H25N3O2. The van der Waals surface area contributed by atoms with E-state index < -0.39 is 5.41 Å². The van der Waals surface area contributed by atoms with Crippen molar-refractivity contribution in [3.63, 3.8) is 0 Å². The maximum absolute atomic E-state index is 12.3. The molecule has 1 saturated carbocycles. The third kappa shape index (κ3) is 2.60. The summed E-state index contributed by atoms with van der Waals surface area (Å²) in [6, 6.07) is 0.0989. The average Bonchev–Trinajstić information content (AvgIpc) is 2.32. The lowest BCUT2D eigenvalue weighted by atomic mass is 9.61. The Morgan fingerprint density at radius 3 is 2.50 bits per heavy atom. The second-order valence-electron chi connectivity index (χ2n) is 5.73. The zero-order valence-electron chi connectivity index (χ0n) is 11.7. The molecule has 18 heavy (non-hydrogen) atoms. The lowest BCUT2D eigenvalue weighted by molar-refractivity contribution is -0.134. The Morgan fingerprint density at radius 2 is 2.11 bits per heavy atom. The van der Waals surface area contributed by atoms with Crippen molar-refractivity contribution in [2.24, 2.45) is 28.1 Å². The molecule has 2 atom stereocenters. The summed E-state index contributed by atoms with van der Waals surface area (Å²) in [5, 5.41) is 14.9. The Balaban J connectivity index is 2.74. The van der Waals surface area contributed by atoms with Crippen molar-refractivity contribution in [1.29, 1.82) is 0 Å². The summed E-state index contributed by atoms with van der Waals surface area (Å²) in [6.07, 6.45) is 2.32. The van der Waals surface area contributed by atoms with E-state index in [-0.39, 0.29) is 17.8 Å². The highest BCUT2D eigenvalue weighted by Gasteiger charge is 2.52. The Labute approximate surface area is 109 Å². The molecule has 0 bridgehead atoms. The van der Waals surface area contributed by atoms with E-state index >= 15 is 0 Å². The number of carbonyl (C=O) groups is 1. The van der Waals surface area contributed by atoms with Crippen LogP contribution in [0.1, 0.15) is 47.0 Å². The number of hydrogen-bond acceptors (Lipinski definition) is 3. The van der Waals surface area contributed by atoms with E-state index in [0.717, 1.165) is 6.42 Å². The molecule has 104 valence electrons. The first-order chi connectivity index (χ1) is 8.37. The quantitative estimate of drug-likeness (QED) is 0.302. The molecule has 0 saturated heterocycles. The van der Waals surface area contributed by atoms with E-state index in [1.54, 1.807) is 0 Å². The fourth-order valence-electron chi connectivity index (χ4n) is 2.58. The Morgan fingerprint density at radius 1 is 1.56 bits per heavy atom. The zero-order valence-corrected chi connectivity index (χ0v) is 11.7. The molecule has 1 amide bonds. The third-order valence-electron chi connectivity index (χ3n) is 4.28. The van der Waals surface area contributed by atoms with Crippen LogP contribution in [-0.4, -0.2) is 23.0 Å². The second-order valence-corrected chi connectivity index (χ2v) is 5.73. The van der Waals surface area contributed by atoms with E-state index in [0.29, 0.717) is 24.7 Å². The first-order valence-corrected chi connectivity index (χ1v) is 6.66. The van der Waals surface area contributed by atoms with Gasteiger partial charge in [0.25, 0.3) is 0 Å². The molecule has 0 heterocycles. The molecular weight excluding hydrogens is 230 g/mol. The van der Waals surface area contributed by atoms with Gasteiger partial charge in [-0.1, -0.05) is 32.3 Å². The summed E-state index contributed by atoms with van der Waals surface area (Å²) in [4.78, 5) is 12.3. The molecule has 0 aromatic rings. The molecule has 5 nitrogen and oxygen atoms in total. The number of amidine groups is 1. The van der Waals surface area contributed by atoms with Crippen molar-refractivity contribution in [3.05, 3.63) is 0 Å². The van der Waals surface area contributed by atoms with Gasteiger partial charge in [-0.25, -0.2) is 0 Å². The first-order valence-electron chi connectivity index (χ1n) is 6.66. The van der Waals surface area contributed by atoms with Crippen molar-refractivity contribution in [1.82, 2.24) is 5.32 Å². The predicted octanol–water partition coefficient (Wildman–Crippen LogP) is 1.70. The van der Waals surface area contributed by atoms with Crippen LogP contribution in [-0.2, 0) is 4.79 Å². The largest absolute Gasteiger partial charge is 0.409 e. The van der Waals surface area contributed by atoms with Crippen LogP contribution in [0.2, 0.25) is 0 Å². The topological polar surface area (TPSA) is 87.7 Å². The number of nitrogens with zero attached hydrogens (tertiary/aromatic N) is 1. The Bertz CT molecular complexity index is 335. The van der Waals surface area contributed by atoms with Crippen LogP contribution in [0, 0.1) is 17.3 Å². The van der Waals surface area contributed by atoms with Crippen LogP contribution < -0.4 is 11.1 Å². The normalized spacial score (nSPS) is 31.3. The minimum absolute atomic E-state index is 0.0365. The summed E-state index contributed by atoms with van der Waals surface area (Å²) in [5.74, 6) is 0.781. The van der Waals surface area contributed by atoms with E-state index in [9.17, 15) is 4.79 Å². The molecule has 0 aliphatic heterocycles. The number of nitrogens with two attached hydrogens (primary N) is 1. The highest BCUT2D eigenvalue weighted by Crippen LogP contribution is 2.46. The second kappa shape index (κ2) is 5.59. The standard InChI is InChI=1S/C13H25N3O2/c1-5-9(3)10(4)15-12(17)13(11(14)16-18)6-8(2)7-13/h8-10,18H,5-7H2,1-4H3,(H2,14,16)(H,15,17). The van der Waals surface area contributed by atoms with Crippen LogP contribution >= 0.6 is 0 Å². The molecule has 1 rings (SSSR count). The maximum atomic E-state index is 12.3. The first kappa shape index (κ1) is 14.8. The molecule has 0 spiro atoms. The van der Waals surface area contributed by atoms with Gasteiger partial charge in [0.2, 0.25) is 5.91 Å². The molecule has 0 aromatic carbocycles. The molecule has 1 aliphatic carbocycles. The van der Waals surface area contributed by atoms with Crippen molar-refractivity contribution in [2.45, 2.75) is 53.0 Å². The number of hydrogen-bond donors (Lipinski definition) is 3. The monoisotopic (exact) mass is 255 g/mol. The maximum Gasteiger partial charge on any atom is 0.234 e. The fourth-order valence-corrected chi connectivity index (χ4v) is 2.58. The van der Waals surface area contributed by atoms with Crippen LogP contribution in [0.25, 0.3) is 0 Å². The number of nitrogens with one attached hydrogen (secondary N) is 1. The molecule has 1 fully saturated rings. The SMILES string of the molecule is CCC(C)C(C)NC(=O)C1(C(N)=NO)CC(C)C1. The van der Waals surface area contributed by atoms with Gasteiger partial charge in [0.05, 0.1) is 0 Å². The van der Waals surface area contributed by atoms with Crippen LogP contribution in [0.15, 0.2) is 5.16 Å². The zero-order chi connectivity index (χ0) is 13.9. The van der Waals surface area contributed by atoms with Gasteiger partial charge in [-0.05, 0) is 31.6 Å². The molecule has 0 aromatic heterocycles. The number of rotatable bonds is 5. The Hall–Kier alpha value is -1.26. The van der Waals surface area contributed by atoms with E-state index in [1.165, 1.54) is 0 Å². The summed E-state index contributed by atoms with van der Waals surface area (Å²) >= 11 is 0. The van der Waals surface area contributed by atoms with Gasteiger partial charge in [0.15, 0.2) is 5.84 Å². The third-order valence-corrected chi connectivity index (χ3v) is 4.28. The summed E-state index contributed by atoms with van der Waals surface area (Å²) < 4.78 is 0. The van der Waals surface area contributed by atoms with Gasteiger partial charge in [-0.15, -0.1) is 0 Å². The minimum Gasteiger partial charge on any atom is -0.409 e. The Kier molecular flexibility index (Phi) is 4.59. The van der Waals surface area contributed by atoms with Gasteiger partial charge < -0.3 is 16.3 Å². The molecule has 5 heteroatoms. The minimum atomic E-state index is -0.796. The highest BCUT2D eigenvalue weighted by molar-refractivity contribution is 6.07. The van der Waals surface area contributed by atoms with Crippen molar-refractivity contribution in [2.75, 3.05) is 0 Å². The summed E-state index contributed by atoms with van der Waals surface area (Å²) in [5.41, 5.74) is 4.90. The smallest absolute Gasteiger partial charge is 0.234 e. The van der Waals surface area contributed by atoms with Gasteiger partial charge in [-0.3, -0.25) is 4.79 Å². The molecule has 1 aliphatic rings. The lowest BCUT2D eigenvalue weighted by Crippen LogP contribution is -2.58.